The number of benzene rings is 1. The fourth-order valence-corrected chi connectivity index (χ4v) is 4.54. The van der Waals surface area contributed by atoms with Crippen molar-refractivity contribution < 1.29 is 23.0 Å². The molecule has 0 amide bonds. The largest absolute Gasteiger partial charge is 0.573 e. The summed E-state index contributed by atoms with van der Waals surface area (Å²) in [6, 6.07) is 6.20. The SMILES string of the molecule is N[C@@H]1CCCN(CC(c2cccc(OC(F)(F)F)c2)C2(O)CCCCC2)C1. The lowest BCUT2D eigenvalue weighted by Gasteiger charge is -2.43. The molecule has 0 spiro atoms. The Morgan fingerprint density at radius 1 is 1.22 bits per heavy atom. The molecule has 3 N–H and O–H groups in total. The van der Waals surface area contributed by atoms with Gasteiger partial charge in [-0.1, -0.05) is 31.4 Å². The van der Waals surface area contributed by atoms with Gasteiger partial charge in [0.1, 0.15) is 5.75 Å². The summed E-state index contributed by atoms with van der Waals surface area (Å²) in [6.07, 6.45) is 1.56. The van der Waals surface area contributed by atoms with E-state index in [0.717, 1.165) is 45.2 Å². The van der Waals surface area contributed by atoms with Gasteiger partial charge >= 0.3 is 6.36 Å². The zero-order valence-electron chi connectivity index (χ0n) is 15.5. The van der Waals surface area contributed by atoms with Gasteiger partial charge in [-0.25, -0.2) is 0 Å². The van der Waals surface area contributed by atoms with Crippen LogP contribution in [0.1, 0.15) is 56.4 Å². The summed E-state index contributed by atoms with van der Waals surface area (Å²) in [6.45, 7) is 2.25. The van der Waals surface area contributed by atoms with Crippen LogP contribution >= 0.6 is 0 Å². The maximum absolute atomic E-state index is 12.6. The maximum Gasteiger partial charge on any atom is 0.573 e. The fraction of sp³-hybridized carbons (Fsp3) is 0.700. The summed E-state index contributed by atoms with van der Waals surface area (Å²) < 4.78 is 42.0. The van der Waals surface area contributed by atoms with Gasteiger partial charge < -0.3 is 20.5 Å². The van der Waals surface area contributed by atoms with Gasteiger partial charge in [0.05, 0.1) is 5.60 Å². The van der Waals surface area contributed by atoms with Crippen molar-refractivity contribution in [3.63, 3.8) is 0 Å². The molecule has 1 saturated heterocycles. The van der Waals surface area contributed by atoms with E-state index in [4.69, 9.17) is 5.73 Å². The van der Waals surface area contributed by atoms with Crippen LogP contribution in [0.5, 0.6) is 5.75 Å². The van der Waals surface area contributed by atoms with Crippen molar-refractivity contribution in [2.75, 3.05) is 19.6 Å². The van der Waals surface area contributed by atoms with Crippen LogP contribution < -0.4 is 10.5 Å². The van der Waals surface area contributed by atoms with Crippen LogP contribution in [0.25, 0.3) is 0 Å². The lowest BCUT2D eigenvalue weighted by Crippen LogP contribution is -2.49. The highest BCUT2D eigenvalue weighted by Gasteiger charge is 2.40. The number of rotatable bonds is 5. The van der Waals surface area contributed by atoms with E-state index in [1.54, 1.807) is 12.1 Å². The predicted octanol–water partition coefficient (Wildman–Crippen LogP) is 3.79. The number of nitrogens with zero attached hydrogens (tertiary/aromatic N) is 1. The Morgan fingerprint density at radius 2 is 1.96 bits per heavy atom. The second-order valence-electron chi connectivity index (χ2n) is 8.00. The quantitative estimate of drug-likeness (QED) is 0.808. The van der Waals surface area contributed by atoms with Crippen LogP contribution in [-0.2, 0) is 0 Å². The molecule has 1 aromatic carbocycles. The first kappa shape index (κ1) is 20.4. The van der Waals surface area contributed by atoms with Gasteiger partial charge in [0.25, 0.3) is 0 Å². The molecule has 1 aromatic rings. The highest BCUT2D eigenvalue weighted by atomic mass is 19.4. The fourth-order valence-electron chi connectivity index (χ4n) is 4.54. The topological polar surface area (TPSA) is 58.7 Å². The molecule has 1 unspecified atom stereocenters. The minimum Gasteiger partial charge on any atom is -0.406 e. The van der Waals surface area contributed by atoms with E-state index < -0.39 is 12.0 Å². The summed E-state index contributed by atoms with van der Waals surface area (Å²) in [5.74, 6) is -0.500. The van der Waals surface area contributed by atoms with E-state index in [2.05, 4.69) is 9.64 Å². The molecule has 152 valence electrons. The zero-order chi connectivity index (χ0) is 19.5. The lowest BCUT2D eigenvalue weighted by molar-refractivity contribution is -0.274. The van der Waals surface area contributed by atoms with Crippen molar-refractivity contribution >= 4 is 0 Å². The summed E-state index contributed by atoms with van der Waals surface area (Å²) >= 11 is 0. The van der Waals surface area contributed by atoms with E-state index in [9.17, 15) is 18.3 Å². The van der Waals surface area contributed by atoms with Crippen LogP contribution in [0.15, 0.2) is 24.3 Å². The molecule has 3 rings (SSSR count). The molecule has 2 fully saturated rings. The van der Waals surface area contributed by atoms with Crippen LogP contribution in [-0.4, -0.2) is 47.6 Å². The van der Waals surface area contributed by atoms with E-state index in [1.807, 2.05) is 0 Å². The summed E-state index contributed by atoms with van der Waals surface area (Å²) in [7, 11) is 0. The molecule has 1 saturated carbocycles. The van der Waals surface area contributed by atoms with Gasteiger partial charge in [0.2, 0.25) is 0 Å². The third kappa shape index (κ3) is 5.59. The average Bonchev–Trinajstić information content (AvgIpc) is 2.59. The van der Waals surface area contributed by atoms with Gasteiger partial charge in [0.15, 0.2) is 0 Å². The van der Waals surface area contributed by atoms with Crippen LogP contribution in [0.2, 0.25) is 0 Å². The van der Waals surface area contributed by atoms with Crippen molar-refractivity contribution in [3.05, 3.63) is 29.8 Å². The highest BCUT2D eigenvalue weighted by Crippen LogP contribution is 2.41. The van der Waals surface area contributed by atoms with Crippen LogP contribution in [0.3, 0.4) is 0 Å². The zero-order valence-corrected chi connectivity index (χ0v) is 15.5. The van der Waals surface area contributed by atoms with Gasteiger partial charge in [-0.2, -0.15) is 0 Å². The average molecular weight is 386 g/mol. The van der Waals surface area contributed by atoms with Crippen molar-refractivity contribution in [2.45, 2.75) is 68.9 Å². The number of alkyl halides is 3. The molecule has 27 heavy (non-hydrogen) atoms. The summed E-state index contributed by atoms with van der Waals surface area (Å²) in [5, 5.41) is 11.4. The van der Waals surface area contributed by atoms with Gasteiger partial charge in [-0.05, 0) is 49.9 Å². The van der Waals surface area contributed by atoms with Crippen molar-refractivity contribution in [3.8, 4) is 5.75 Å². The molecule has 0 bridgehead atoms. The van der Waals surface area contributed by atoms with Crippen molar-refractivity contribution in [1.29, 1.82) is 0 Å². The normalized spacial score (nSPS) is 25.1. The smallest absolute Gasteiger partial charge is 0.406 e. The molecule has 2 atom stereocenters. The Morgan fingerprint density at radius 3 is 2.63 bits per heavy atom. The van der Waals surface area contributed by atoms with Crippen molar-refractivity contribution in [2.24, 2.45) is 5.73 Å². The van der Waals surface area contributed by atoms with Crippen molar-refractivity contribution in [1.82, 2.24) is 4.90 Å². The number of ether oxygens (including phenoxy) is 1. The second-order valence-corrected chi connectivity index (χ2v) is 8.00. The molecule has 7 heteroatoms. The number of likely N-dealkylation sites (tertiary alicyclic amines) is 1. The first-order chi connectivity index (χ1) is 12.8. The number of nitrogens with two attached hydrogens (primary N) is 1. The summed E-state index contributed by atoms with van der Waals surface area (Å²) in [5.41, 5.74) is 5.88. The molecular weight excluding hydrogens is 357 g/mol. The molecule has 2 aliphatic rings. The summed E-state index contributed by atoms with van der Waals surface area (Å²) in [4.78, 5) is 2.24. The minimum absolute atomic E-state index is 0.111. The monoisotopic (exact) mass is 386 g/mol. The van der Waals surface area contributed by atoms with E-state index in [1.165, 1.54) is 12.1 Å². The van der Waals surface area contributed by atoms with E-state index in [0.29, 0.717) is 24.9 Å². The van der Waals surface area contributed by atoms with E-state index in [-0.39, 0.29) is 17.7 Å². The number of hydrogen-bond acceptors (Lipinski definition) is 4. The van der Waals surface area contributed by atoms with Gasteiger partial charge in [0, 0.05) is 25.0 Å². The standard InChI is InChI=1S/C20H29F3N2O2/c21-20(22,23)27-17-8-4-6-15(12-17)18(19(26)9-2-1-3-10-19)14-25-11-5-7-16(24)13-25/h4,6,8,12,16,18,26H,1-3,5,7,9-11,13-14,24H2/t16-,18?/m1/s1. The highest BCUT2D eigenvalue weighted by molar-refractivity contribution is 5.33. The molecule has 4 nitrogen and oxygen atoms in total. The Labute approximate surface area is 158 Å². The van der Waals surface area contributed by atoms with Gasteiger partial charge in [-0.15, -0.1) is 13.2 Å². The first-order valence-corrected chi connectivity index (χ1v) is 9.81. The Balaban J connectivity index is 1.86. The Hall–Kier alpha value is -1.31. The van der Waals surface area contributed by atoms with E-state index >= 15 is 0 Å². The molecule has 1 heterocycles. The number of halogens is 3. The van der Waals surface area contributed by atoms with Crippen LogP contribution in [0.4, 0.5) is 13.2 Å². The Kier molecular flexibility index (Phi) is 6.33. The molecule has 0 aromatic heterocycles. The van der Waals surface area contributed by atoms with Crippen LogP contribution in [0, 0.1) is 0 Å². The molecule has 1 aliphatic heterocycles. The number of hydrogen-bond donors (Lipinski definition) is 2. The predicted molar refractivity (Wildman–Crippen MR) is 97.6 cm³/mol. The molecular formula is C20H29F3N2O2. The number of piperidine rings is 1. The third-order valence-electron chi connectivity index (χ3n) is 5.84. The third-order valence-corrected chi connectivity index (χ3v) is 5.84. The lowest BCUT2D eigenvalue weighted by atomic mass is 9.72. The van der Waals surface area contributed by atoms with Gasteiger partial charge in [-0.3, -0.25) is 0 Å². The maximum atomic E-state index is 12.6. The first-order valence-electron chi connectivity index (χ1n) is 9.81. The second kappa shape index (κ2) is 8.37. The Bertz CT molecular complexity index is 617. The molecule has 0 radical (unpaired) electrons. The number of aliphatic hydroxyl groups is 1. The molecule has 1 aliphatic carbocycles. The minimum atomic E-state index is -4.73.